The molecule has 93 valence electrons. The largest absolute Gasteiger partial charge is 0.459 e. The number of rotatable bonds is 3. The molecule has 3 heteroatoms. The number of ether oxygens (including phenoxy) is 1. The van der Waals surface area contributed by atoms with Crippen LogP contribution in [0.5, 0.6) is 0 Å². The molecule has 1 aromatic carbocycles. The summed E-state index contributed by atoms with van der Waals surface area (Å²) in [5.41, 5.74) is 7.17. The van der Waals surface area contributed by atoms with Crippen molar-refractivity contribution >= 4 is 5.97 Å². The van der Waals surface area contributed by atoms with E-state index in [2.05, 4.69) is 6.92 Å². The normalized spacial score (nSPS) is 13.2. The van der Waals surface area contributed by atoms with Gasteiger partial charge in [0.25, 0.3) is 0 Å². The zero-order chi connectivity index (χ0) is 13.1. The Balaban J connectivity index is 2.89. The molecule has 0 heterocycles. The van der Waals surface area contributed by atoms with E-state index in [4.69, 9.17) is 10.5 Å². The zero-order valence-electron chi connectivity index (χ0n) is 10.7. The third-order valence-corrected chi connectivity index (χ3v) is 2.32. The fourth-order valence-corrected chi connectivity index (χ4v) is 1.56. The van der Waals surface area contributed by atoms with Gasteiger partial charge in [-0.05, 0) is 45.2 Å². The van der Waals surface area contributed by atoms with Crippen LogP contribution in [0.15, 0.2) is 24.3 Å². The van der Waals surface area contributed by atoms with Crippen molar-refractivity contribution < 1.29 is 9.53 Å². The maximum atomic E-state index is 11.9. The van der Waals surface area contributed by atoms with Gasteiger partial charge in [0.15, 0.2) is 0 Å². The maximum Gasteiger partial charge on any atom is 0.328 e. The van der Waals surface area contributed by atoms with Crippen molar-refractivity contribution in [3.8, 4) is 0 Å². The third kappa shape index (κ3) is 3.86. The maximum absolute atomic E-state index is 11.9. The first kappa shape index (κ1) is 13.7. The van der Waals surface area contributed by atoms with Crippen LogP contribution in [0.3, 0.4) is 0 Å². The molecule has 0 bridgehead atoms. The first-order valence-corrected chi connectivity index (χ1v) is 5.70. The summed E-state index contributed by atoms with van der Waals surface area (Å²) in [7, 11) is 0. The standard InChI is InChI=1S/C14H20NO2/c1-5-10-8-6-7-9-11(10)12(15)13(16)17-14(2,3)4/h6-9,12H,1,5,15H2,2-4H3. The highest BCUT2D eigenvalue weighted by atomic mass is 16.6. The molecule has 17 heavy (non-hydrogen) atoms. The van der Waals surface area contributed by atoms with Gasteiger partial charge in [-0.25, -0.2) is 4.79 Å². The van der Waals surface area contributed by atoms with Gasteiger partial charge in [-0.3, -0.25) is 0 Å². The molecule has 1 atom stereocenters. The van der Waals surface area contributed by atoms with Gasteiger partial charge >= 0.3 is 5.97 Å². The van der Waals surface area contributed by atoms with Gasteiger partial charge < -0.3 is 10.5 Å². The lowest BCUT2D eigenvalue weighted by molar-refractivity contribution is -0.156. The van der Waals surface area contributed by atoms with Gasteiger partial charge in [0.2, 0.25) is 0 Å². The van der Waals surface area contributed by atoms with Crippen molar-refractivity contribution in [1.29, 1.82) is 0 Å². The third-order valence-electron chi connectivity index (χ3n) is 2.32. The van der Waals surface area contributed by atoms with Crippen LogP contribution in [0.4, 0.5) is 0 Å². The van der Waals surface area contributed by atoms with Crippen LogP contribution < -0.4 is 5.73 Å². The molecule has 0 amide bonds. The van der Waals surface area contributed by atoms with Crippen molar-refractivity contribution in [3.05, 3.63) is 42.3 Å². The molecule has 1 aromatic rings. The molecule has 0 aliphatic heterocycles. The molecular formula is C14H20NO2. The second-order valence-corrected chi connectivity index (χ2v) is 4.96. The van der Waals surface area contributed by atoms with E-state index in [0.29, 0.717) is 6.42 Å². The summed E-state index contributed by atoms with van der Waals surface area (Å²) in [6, 6.07) is 6.79. The molecule has 0 aliphatic rings. The molecule has 0 aliphatic carbocycles. The van der Waals surface area contributed by atoms with Crippen LogP contribution in [0.1, 0.15) is 37.9 Å². The van der Waals surface area contributed by atoms with Crippen molar-refractivity contribution in [3.63, 3.8) is 0 Å². The number of esters is 1. The van der Waals surface area contributed by atoms with Crippen LogP contribution in [-0.2, 0) is 16.0 Å². The van der Waals surface area contributed by atoms with Crippen LogP contribution in [0.2, 0.25) is 0 Å². The summed E-state index contributed by atoms with van der Waals surface area (Å²) in [4.78, 5) is 11.9. The van der Waals surface area contributed by atoms with Crippen LogP contribution in [0.25, 0.3) is 0 Å². The number of benzene rings is 1. The molecule has 0 saturated carbocycles. The lowest BCUT2D eigenvalue weighted by Crippen LogP contribution is -2.32. The van der Waals surface area contributed by atoms with Crippen LogP contribution >= 0.6 is 0 Å². The lowest BCUT2D eigenvalue weighted by Gasteiger charge is -2.23. The minimum atomic E-state index is -0.743. The first-order chi connectivity index (χ1) is 7.85. The highest BCUT2D eigenvalue weighted by Crippen LogP contribution is 2.20. The fraction of sp³-hybridized carbons (Fsp3) is 0.429. The van der Waals surface area contributed by atoms with E-state index in [1.807, 2.05) is 45.0 Å². The fourth-order valence-electron chi connectivity index (χ4n) is 1.56. The SMILES string of the molecule is [CH2]Cc1ccccc1C(N)C(=O)OC(C)(C)C. The van der Waals surface area contributed by atoms with Gasteiger partial charge in [0.05, 0.1) is 0 Å². The van der Waals surface area contributed by atoms with E-state index < -0.39 is 17.6 Å². The Hall–Kier alpha value is -1.35. The van der Waals surface area contributed by atoms with Gasteiger partial charge in [0.1, 0.15) is 11.6 Å². The Morgan fingerprint density at radius 3 is 2.53 bits per heavy atom. The average molecular weight is 234 g/mol. The molecular weight excluding hydrogens is 214 g/mol. The Morgan fingerprint density at radius 2 is 2.00 bits per heavy atom. The van der Waals surface area contributed by atoms with Crippen molar-refractivity contribution in [2.75, 3.05) is 0 Å². The molecule has 2 N–H and O–H groups in total. The summed E-state index contributed by atoms with van der Waals surface area (Å²) in [5.74, 6) is -0.404. The van der Waals surface area contributed by atoms with Crippen LogP contribution in [-0.4, -0.2) is 11.6 Å². The number of carbonyl (C=O) groups excluding carboxylic acids is 1. The summed E-state index contributed by atoms with van der Waals surface area (Å²) in [6.07, 6.45) is 0.604. The van der Waals surface area contributed by atoms with Gasteiger partial charge in [-0.15, -0.1) is 0 Å². The first-order valence-electron chi connectivity index (χ1n) is 5.70. The predicted molar refractivity (Wildman–Crippen MR) is 68.3 cm³/mol. The molecule has 1 rings (SSSR count). The summed E-state index contributed by atoms with van der Waals surface area (Å²) in [5, 5.41) is 0. The Morgan fingerprint density at radius 1 is 1.41 bits per heavy atom. The van der Waals surface area contributed by atoms with Crippen molar-refractivity contribution in [2.24, 2.45) is 5.73 Å². The number of hydrogen-bond donors (Lipinski definition) is 1. The summed E-state index contributed by atoms with van der Waals surface area (Å²) >= 11 is 0. The highest BCUT2D eigenvalue weighted by molar-refractivity contribution is 5.78. The molecule has 1 radical (unpaired) electrons. The van der Waals surface area contributed by atoms with E-state index in [9.17, 15) is 4.79 Å². The number of hydrogen-bond acceptors (Lipinski definition) is 3. The zero-order valence-corrected chi connectivity index (χ0v) is 10.7. The van der Waals surface area contributed by atoms with Crippen LogP contribution in [0, 0.1) is 6.92 Å². The monoisotopic (exact) mass is 234 g/mol. The van der Waals surface area contributed by atoms with Gasteiger partial charge in [-0.2, -0.15) is 0 Å². The van der Waals surface area contributed by atoms with Crippen molar-refractivity contribution in [1.82, 2.24) is 0 Å². The Labute approximate surface area is 103 Å². The highest BCUT2D eigenvalue weighted by Gasteiger charge is 2.24. The van der Waals surface area contributed by atoms with Gasteiger partial charge in [0, 0.05) is 0 Å². The topological polar surface area (TPSA) is 52.3 Å². The molecule has 0 aromatic heterocycles. The lowest BCUT2D eigenvalue weighted by atomic mass is 9.99. The minimum Gasteiger partial charge on any atom is -0.459 e. The van der Waals surface area contributed by atoms with E-state index in [-0.39, 0.29) is 0 Å². The molecule has 1 unspecified atom stereocenters. The molecule has 3 nitrogen and oxygen atoms in total. The Kier molecular flexibility index (Phi) is 4.29. The van der Waals surface area contributed by atoms with Crippen molar-refractivity contribution in [2.45, 2.75) is 38.8 Å². The second-order valence-electron chi connectivity index (χ2n) is 4.96. The molecule has 0 fully saturated rings. The summed E-state index contributed by atoms with van der Waals surface area (Å²) < 4.78 is 5.27. The second kappa shape index (κ2) is 5.32. The Bertz CT molecular complexity index is 393. The van der Waals surface area contributed by atoms with E-state index in [1.165, 1.54) is 0 Å². The summed E-state index contributed by atoms with van der Waals surface area (Å²) in [6.45, 7) is 9.30. The van der Waals surface area contributed by atoms with E-state index >= 15 is 0 Å². The number of carbonyl (C=O) groups is 1. The minimum absolute atomic E-state index is 0.404. The van der Waals surface area contributed by atoms with E-state index in [1.54, 1.807) is 0 Å². The van der Waals surface area contributed by atoms with Gasteiger partial charge in [-0.1, -0.05) is 24.3 Å². The number of nitrogens with two attached hydrogens (primary N) is 1. The smallest absolute Gasteiger partial charge is 0.328 e. The molecule has 0 spiro atoms. The van der Waals surface area contributed by atoms with E-state index in [0.717, 1.165) is 11.1 Å². The predicted octanol–water partition coefficient (Wildman–Crippen LogP) is 2.40. The average Bonchev–Trinajstić information content (AvgIpc) is 2.25. The molecule has 0 saturated heterocycles. The quantitative estimate of drug-likeness (QED) is 0.817.